The van der Waals surface area contributed by atoms with Gasteiger partial charge in [-0.1, -0.05) is 0 Å². The van der Waals surface area contributed by atoms with Crippen LogP contribution in [0.15, 0.2) is 18.5 Å². The summed E-state index contributed by atoms with van der Waals surface area (Å²) in [6.45, 7) is 7.55. The van der Waals surface area contributed by atoms with Crippen molar-refractivity contribution >= 4 is 6.09 Å². The molecule has 0 atom stereocenters. The van der Waals surface area contributed by atoms with Crippen LogP contribution in [0.4, 0.5) is 18.0 Å². The van der Waals surface area contributed by atoms with Gasteiger partial charge in [0.2, 0.25) is 0 Å². The van der Waals surface area contributed by atoms with Crippen LogP contribution >= 0.6 is 0 Å². The summed E-state index contributed by atoms with van der Waals surface area (Å²) in [4.78, 5) is 17.6. The van der Waals surface area contributed by atoms with Crippen LogP contribution in [-0.4, -0.2) is 47.4 Å². The first-order valence-corrected chi connectivity index (χ1v) is 11.1. The molecule has 0 aromatic carbocycles. The van der Waals surface area contributed by atoms with E-state index in [2.05, 4.69) is 4.98 Å². The zero-order chi connectivity index (χ0) is 22.6. The molecule has 1 aliphatic carbocycles. The van der Waals surface area contributed by atoms with Crippen molar-refractivity contribution in [3.63, 3.8) is 0 Å². The van der Waals surface area contributed by atoms with Crippen LogP contribution in [0.25, 0.3) is 0 Å². The summed E-state index contributed by atoms with van der Waals surface area (Å²) in [6.07, 6.45) is 2.49. The highest BCUT2D eigenvalue weighted by Crippen LogP contribution is 2.40. The Morgan fingerprint density at radius 2 is 1.74 bits per heavy atom. The quantitative estimate of drug-likeness (QED) is 0.592. The first-order valence-electron chi connectivity index (χ1n) is 11.1. The van der Waals surface area contributed by atoms with E-state index in [4.69, 9.17) is 9.47 Å². The first-order chi connectivity index (χ1) is 14.5. The molecular formula is C23H33F3N2O3. The molecule has 1 amide bonds. The fourth-order valence-corrected chi connectivity index (χ4v) is 4.42. The Balaban J connectivity index is 1.41. The van der Waals surface area contributed by atoms with Crippen LogP contribution in [0.1, 0.15) is 76.3 Å². The van der Waals surface area contributed by atoms with Gasteiger partial charge < -0.3 is 14.4 Å². The number of alkyl halides is 3. The maximum Gasteiger partial charge on any atom is 0.418 e. The third-order valence-corrected chi connectivity index (χ3v) is 6.11. The molecule has 3 rings (SSSR count). The number of aromatic nitrogens is 1. The Hall–Kier alpha value is -1.83. The predicted octanol–water partition coefficient (Wildman–Crippen LogP) is 5.79. The summed E-state index contributed by atoms with van der Waals surface area (Å²) in [5.41, 5.74) is -0.751. The molecule has 1 saturated carbocycles. The Morgan fingerprint density at radius 1 is 1.10 bits per heavy atom. The maximum atomic E-state index is 13.3. The van der Waals surface area contributed by atoms with E-state index in [1.165, 1.54) is 12.3 Å². The maximum absolute atomic E-state index is 13.3. The molecule has 31 heavy (non-hydrogen) atoms. The Morgan fingerprint density at radius 3 is 2.32 bits per heavy atom. The molecule has 2 aliphatic rings. The van der Waals surface area contributed by atoms with Gasteiger partial charge in [-0.3, -0.25) is 4.98 Å². The largest absolute Gasteiger partial charge is 0.444 e. The number of amides is 1. The lowest BCUT2D eigenvalue weighted by atomic mass is 9.81. The van der Waals surface area contributed by atoms with E-state index in [1.807, 2.05) is 20.8 Å². The van der Waals surface area contributed by atoms with Gasteiger partial charge in [-0.25, -0.2) is 4.79 Å². The fourth-order valence-electron chi connectivity index (χ4n) is 4.42. The Kier molecular flexibility index (Phi) is 7.50. The van der Waals surface area contributed by atoms with Gasteiger partial charge in [0.15, 0.2) is 0 Å². The van der Waals surface area contributed by atoms with Gasteiger partial charge in [-0.05, 0) is 82.8 Å². The fraction of sp³-hybridized carbons (Fsp3) is 0.739. The molecule has 0 spiro atoms. The molecule has 1 aliphatic heterocycles. The average molecular weight is 443 g/mol. The zero-order valence-corrected chi connectivity index (χ0v) is 18.6. The highest BCUT2D eigenvalue weighted by Gasteiger charge is 2.36. The molecule has 1 aromatic rings. The highest BCUT2D eigenvalue weighted by atomic mass is 19.4. The average Bonchev–Trinajstić information content (AvgIpc) is 2.71. The number of likely N-dealkylation sites (tertiary alicyclic amines) is 1. The minimum atomic E-state index is -4.37. The minimum Gasteiger partial charge on any atom is -0.444 e. The second-order valence-corrected chi connectivity index (χ2v) is 9.68. The Labute approximate surface area is 182 Å². The van der Waals surface area contributed by atoms with Crippen LogP contribution in [0.3, 0.4) is 0 Å². The molecule has 174 valence electrons. The molecule has 2 heterocycles. The summed E-state index contributed by atoms with van der Waals surface area (Å²) in [5, 5.41) is 0. The third kappa shape index (κ3) is 6.82. The van der Waals surface area contributed by atoms with E-state index in [0.29, 0.717) is 44.0 Å². The molecule has 1 aromatic heterocycles. The number of rotatable bonds is 4. The van der Waals surface area contributed by atoms with Crippen molar-refractivity contribution in [1.29, 1.82) is 0 Å². The number of nitrogens with zero attached hydrogens (tertiary/aromatic N) is 2. The number of ether oxygens (including phenoxy) is 2. The zero-order valence-electron chi connectivity index (χ0n) is 18.6. The van der Waals surface area contributed by atoms with Crippen molar-refractivity contribution in [3.8, 4) is 0 Å². The van der Waals surface area contributed by atoms with Crippen LogP contribution in [-0.2, 0) is 15.7 Å². The van der Waals surface area contributed by atoms with Gasteiger partial charge in [-0.2, -0.15) is 13.2 Å². The summed E-state index contributed by atoms with van der Waals surface area (Å²) in [6, 6.07) is 1.51. The molecule has 5 nitrogen and oxygen atoms in total. The molecular weight excluding hydrogens is 409 g/mol. The van der Waals surface area contributed by atoms with Crippen LogP contribution in [0, 0.1) is 5.92 Å². The van der Waals surface area contributed by atoms with Crippen molar-refractivity contribution in [3.05, 3.63) is 29.6 Å². The molecule has 0 radical (unpaired) electrons. The summed E-state index contributed by atoms with van der Waals surface area (Å²) in [7, 11) is 0. The van der Waals surface area contributed by atoms with E-state index in [1.54, 1.807) is 4.90 Å². The topological polar surface area (TPSA) is 51.7 Å². The lowest BCUT2D eigenvalue weighted by Gasteiger charge is -2.35. The number of hydrogen-bond acceptors (Lipinski definition) is 4. The van der Waals surface area contributed by atoms with E-state index in [0.717, 1.165) is 31.9 Å². The van der Waals surface area contributed by atoms with E-state index in [-0.39, 0.29) is 18.1 Å². The van der Waals surface area contributed by atoms with Crippen molar-refractivity contribution in [2.45, 2.75) is 83.1 Å². The van der Waals surface area contributed by atoms with E-state index < -0.39 is 17.3 Å². The number of halogens is 3. The molecule has 8 heteroatoms. The molecule has 2 fully saturated rings. The summed E-state index contributed by atoms with van der Waals surface area (Å²) >= 11 is 0. The standard InChI is InChI=1S/C23H33F3N2O3/c1-22(2,3)31-21(29)28-12-9-16(10-13-28)15-30-18-6-4-17(5-7-18)19-8-11-27-14-20(19)23(24,25)26/h8,11,14,16-18H,4-7,9-10,12-13,15H2,1-3H3/t17-,18-. The second-order valence-electron chi connectivity index (χ2n) is 9.68. The van der Waals surface area contributed by atoms with Gasteiger partial charge in [0, 0.05) is 32.1 Å². The lowest BCUT2D eigenvalue weighted by molar-refractivity contribution is -0.138. The SMILES string of the molecule is CC(C)(C)OC(=O)N1CCC(CO[C@H]2CC[C@H](c3ccncc3C(F)(F)F)CC2)CC1. The van der Waals surface area contributed by atoms with Gasteiger partial charge in [0.25, 0.3) is 0 Å². The second kappa shape index (κ2) is 9.76. The number of piperidine rings is 1. The monoisotopic (exact) mass is 442 g/mol. The van der Waals surface area contributed by atoms with Crippen molar-refractivity contribution in [2.75, 3.05) is 19.7 Å². The summed E-state index contributed by atoms with van der Waals surface area (Å²) in [5.74, 6) is 0.296. The van der Waals surface area contributed by atoms with E-state index >= 15 is 0 Å². The first kappa shape index (κ1) is 23.8. The van der Waals surface area contributed by atoms with Crippen molar-refractivity contribution in [2.24, 2.45) is 5.92 Å². The van der Waals surface area contributed by atoms with Crippen molar-refractivity contribution < 1.29 is 27.4 Å². The highest BCUT2D eigenvalue weighted by molar-refractivity contribution is 5.68. The Bertz CT molecular complexity index is 732. The van der Waals surface area contributed by atoms with Gasteiger partial charge >= 0.3 is 12.3 Å². The number of pyridine rings is 1. The number of hydrogen-bond donors (Lipinski definition) is 0. The molecule has 0 unspecified atom stereocenters. The molecule has 1 saturated heterocycles. The van der Waals surface area contributed by atoms with Crippen molar-refractivity contribution in [1.82, 2.24) is 9.88 Å². The smallest absolute Gasteiger partial charge is 0.418 e. The minimum absolute atomic E-state index is 0.0938. The lowest BCUT2D eigenvalue weighted by Crippen LogP contribution is -2.42. The summed E-state index contributed by atoms with van der Waals surface area (Å²) < 4.78 is 51.3. The van der Waals surface area contributed by atoms with Crippen LogP contribution < -0.4 is 0 Å². The van der Waals surface area contributed by atoms with Crippen LogP contribution in [0.5, 0.6) is 0 Å². The molecule has 0 N–H and O–H groups in total. The van der Waals surface area contributed by atoms with Gasteiger partial charge in [0.1, 0.15) is 5.60 Å². The number of carbonyl (C=O) groups is 1. The van der Waals surface area contributed by atoms with Crippen LogP contribution in [0.2, 0.25) is 0 Å². The van der Waals surface area contributed by atoms with Gasteiger partial charge in [0.05, 0.1) is 11.7 Å². The van der Waals surface area contributed by atoms with E-state index in [9.17, 15) is 18.0 Å². The molecule has 0 bridgehead atoms. The number of carbonyl (C=O) groups excluding carboxylic acids is 1. The predicted molar refractivity (Wildman–Crippen MR) is 111 cm³/mol. The third-order valence-electron chi connectivity index (χ3n) is 6.11. The van der Waals surface area contributed by atoms with Gasteiger partial charge in [-0.15, -0.1) is 0 Å². The normalized spacial score (nSPS) is 23.6.